The molecule has 0 saturated heterocycles. The molecule has 0 aromatic carbocycles. The molecule has 1 aromatic rings. The molecule has 3 aliphatic rings. The van der Waals surface area contributed by atoms with Crippen molar-refractivity contribution in [2.75, 3.05) is 46.7 Å². The molecule has 3 fully saturated rings. The maximum atomic E-state index is 14.0. The average molecular weight is 833 g/mol. The highest BCUT2D eigenvalue weighted by Gasteiger charge is 2.29. The number of amides is 1. The molecular weight excluding hydrogens is 764 g/mol. The van der Waals surface area contributed by atoms with E-state index in [9.17, 15) is 24.0 Å². The SMILES string of the molecule is COC(C)COC(C)COC(C)COC(C)COC(=O)NC1CCC(Cn2c(=O)n(CC3CCC(CN=C=O)CC3)c(=O)n(CC3CCC(COC#N)CC3)c2=O)CC1. The minimum atomic E-state index is -0.571. The van der Waals surface area contributed by atoms with E-state index in [1.807, 2.05) is 27.7 Å². The van der Waals surface area contributed by atoms with Crippen molar-refractivity contribution in [3.8, 4) is 6.26 Å². The number of aliphatic imine (C=N–C) groups is 1. The van der Waals surface area contributed by atoms with E-state index >= 15 is 0 Å². The molecule has 4 unspecified atom stereocenters. The minimum Gasteiger partial charge on any atom is -0.447 e. The Balaban J connectivity index is 1.29. The number of alkyl carbamates (subject to hydrolysis) is 1. The Morgan fingerprint density at radius 1 is 0.661 bits per heavy atom. The first-order chi connectivity index (χ1) is 28.4. The zero-order chi connectivity index (χ0) is 42.7. The van der Waals surface area contributed by atoms with Gasteiger partial charge in [-0.15, -0.1) is 0 Å². The van der Waals surface area contributed by atoms with Crippen LogP contribution in [0.15, 0.2) is 19.4 Å². The Kier molecular flexibility index (Phi) is 20.3. The third-order valence-electron chi connectivity index (χ3n) is 12.3. The molecule has 1 N–H and O–H groups in total. The second kappa shape index (κ2) is 25.1. The lowest BCUT2D eigenvalue weighted by atomic mass is 9.82. The second-order valence-electron chi connectivity index (χ2n) is 17.2. The van der Waals surface area contributed by atoms with E-state index in [-0.39, 0.29) is 86.3 Å². The molecular formula is C42H68N6O11. The quantitative estimate of drug-likeness (QED) is 0.0939. The molecule has 17 heteroatoms. The van der Waals surface area contributed by atoms with Gasteiger partial charge in [0.05, 0.1) is 50.8 Å². The van der Waals surface area contributed by atoms with Crippen molar-refractivity contribution in [1.82, 2.24) is 19.0 Å². The van der Waals surface area contributed by atoms with E-state index in [1.165, 1.54) is 13.7 Å². The molecule has 332 valence electrons. The number of nitriles is 1. The number of isocyanates is 1. The van der Waals surface area contributed by atoms with E-state index < -0.39 is 23.2 Å². The number of hydrogen-bond acceptors (Lipinski definition) is 13. The second-order valence-corrected chi connectivity index (χ2v) is 17.2. The van der Waals surface area contributed by atoms with Crippen molar-refractivity contribution in [3.63, 3.8) is 0 Å². The summed E-state index contributed by atoms with van der Waals surface area (Å²) in [6.45, 7) is 10.4. The Bertz CT molecular complexity index is 1690. The molecule has 59 heavy (non-hydrogen) atoms. The molecule has 3 aliphatic carbocycles. The summed E-state index contributed by atoms with van der Waals surface area (Å²) in [4.78, 5) is 69.0. The summed E-state index contributed by atoms with van der Waals surface area (Å²) in [5.74, 6) is 0.745. The zero-order valence-corrected chi connectivity index (χ0v) is 35.8. The number of ether oxygens (including phenoxy) is 6. The van der Waals surface area contributed by atoms with Crippen LogP contribution in [-0.4, -0.2) is 103 Å². The van der Waals surface area contributed by atoms with E-state index in [2.05, 4.69) is 10.3 Å². The summed E-state index contributed by atoms with van der Waals surface area (Å²) in [7, 11) is 1.64. The van der Waals surface area contributed by atoms with Crippen LogP contribution in [0.5, 0.6) is 0 Å². The van der Waals surface area contributed by atoms with Gasteiger partial charge in [0.2, 0.25) is 6.08 Å². The van der Waals surface area contributed by atoms with Crippen molar-refractivity contribution in [2.45, 2.75) is 155 Å². The molecule has 4 atom stereocenters. The number of nitrogens with one attached hydrogen (secondary N) is 1. The van der Waals surface area contributed by atoms with Crippen LogP contribution < -0.4 is 22.4 Å². The third kappa shape index (κ3) is 16.0. The van der Waals surface area contributed by atoms with Gasteiger partial charge in [0, 0.05) is 32.8 Å². The number of carbonyl (C=O) groups excluding carboxylic acids is 2. The van der Waals surface area contributed by atoms with Gasteiger partial charge in [-0.1, -0.05) is 0 Å². The molecule has 0 radical (unpaired) electrons. The number of carbonyl (C=O) groups is 1. The largest absolute Gasteiger partial charge is 0.447 e. The lowest BCUT2D eigenvalue weighted by Crippen LogP contribution is -2.56. The summed E-state index contributed by atoms with van der Waals surface area (Å²) in [6, 6.07) is -0.108. The van der Waals surface area contributed by atoms with Crippen LogP contribution in [0.3, 0.4) is 0 Å². The van der Waals surface area contributed by atoms with Crippen molar-refractivity contribution in [3.05, 3.63) is 31.5 Å². The van der Waals surface area contributed by atoms with Crippen LogP contribution >= 0.6 is 0 Å². The molecule has 3 saturated carbocycles. The molecule has 17 nitrogen and oxygen atoms in total. The smallest absolute Gasteiger partial charge is 0.407 e. The van der Waals surface area contributed by atoms with Gasteiger partial charge >= 0.3 is 23.2 Å². The first kappa shape index (κ1) is 47.9. The monoisotopic (exact) mass is 832 g/mol. The molecule has 1 amide bonds. The van der Waals surface area contributed by atoms with Gasteiger partial charge in [-0.3, -0.25) is 0 Å². The summed E-state index contributed by atoms with van der Waals surface area (Å²) < 4.78 is 36.8. The van der Waals surface area contributed by atoms with Crippen LogP contribution in [0.4, 0.5) is 4.79 Å². The van der Waals surface area contributed by atoms with Gasteiger partial charge in [-0.25, -0.2) is 42.7 Å². The summed E-state index contributed by atoms with van der Waals surface area (Å²) in [5, 5.41) is 11.7. The van der Waals surface area contributed by atoms with Crippen LogP contribution in [-0.2, 0) is 52.8 Å². The van der Waals surface area contributed by atoms with Gasteiger partial charge in [0.15, 0.2) is 0 Å². The van der Waals surface area contributed by atoms with Crippen LogP contribution in [0, 0.1) is 41.1 Å². The maximum Gasteiger partial charge on any atom is 0.407 e. The zero-order valence-electron chi connectivity index (χ0n) is 35.8. The van der Waals surface area contributed by atoms with Gasteiger partial charge < -0.3 is 33.7 Å². The minimum absolute atomic E-state index is 0.0127. The van der Waals surface area contributed by atoms with Crippen molar-refractivity contribution < 1.29 is 38.0 Å². The highest BCUT2D eigenvalue weighted by molar-refractivity contribution is 5.67. The maximum absolute atomic E-state index is 14.0. The fraction of sp³-hybridized carbons (Fsp3) is 0.857. The Morgan fingerprint density at radius 3 is 1.51 bits per heavy atom. The van der Waals surface area contributed by atoms with Crippen molar-refractivity contribution in [2.24, 2.45) is 34.6 Å². The number of rotatable bonds is 23. The predicted octanol–water partition coefficient (Wildman–Crippen LogP) is 4.15. The Hall–Kier alpha value is -3.81. The third-order valence-corrected chi connectivity index (χ3v) is 12.3. The normalized spacial score (nSPS) is 25.4. The Morgan fingerprint density at radius 2 is 1.07 bits per heavy atom. The molecule has 0 bridgehead atoms. The summed E-state index contributed by atoms with van der Waals surface area (Å²) in [6.07, 6.45) is 11.5. The number of nitrogens with zero attached hydrogens (tertiary/aromatic N) is 5. The standard InChI is InChI=1S/C42H68N6O11/c1-29(54-5)22-56-30(2)23-57-31(3)24-58-32(4)25-59-39(50)45-38-16-14-36(15-17-38)21-48-41(52)46(19-34-8-6-33(7-9-34)18-44-28-49)40(51)47(42(48)53)20-35-10-12-37(13-11-35)26-55-27-43/h29-38H,6-26H2,1-5H3,(H,45,50). The fourth-order valence-electron chi connectivity index (χ4n) is 8.43. The fourth-order valence-corrected chi connectivity index (χ4v) is 8.43. The van der Waals surface area contributed by atoms with Gasteiger partial charge in [0.25, 0.3) is 6.26 Å². The van der Waals surface area contributed by atoms with Gasteiger partial charge in [-0.2, -0.15) is 5.26 Å². The van der Waals surface area contributed by atoms with E-state index in [4.69, 9.17) is 33.7 Å². The lowest BCUT2D eigenvalue weighted by molar-refractivity contribution is -0.0858. The van der Waals surface area contributed by atoms with Crippen LogP contribution in [0.2, 0.25) is 0 Å². The van der Waals surface area contributed by atoms with Crippen molar-refractivity contribution in [1.29, 1.82) is 5.26 Å². The Labute approximate surface area is 347 Å². The highest BCUT2D eigenvalue weighted by atomic mass is 16.6. The summed E-state index contributed by atoms with van der Waals surface area (Å²) in [5.41, 5.74) is -1.70. The topological polar surface area (TPSA) is 204 Å². The molecule has 1 aromatic heterocycles. The predicted molar refractivity (Wildman–Crippen MR) is 218 cm³/mol. The van der Waals surface area contributed by atoms with Gasteiger partial charge in [0.1, 0.15) is 13.2 Å². The van der Waals surface area contributed by atoms with E-state index in [0.29, 0.717) is 58.7 Å². The average Bonchev–Trinajstić information content (AvgIpc) is 3.24. The van der Waals surface area contributed by atoms with Crippen LogP contribution in [0.25, 0.3) is 0 Å². The number of aromatic nitrogens is 3. The molecule has 0 spiro atoms. The highest BCUT2D eigenvalue weighted by Crippen LogP contribution is 2.31. The van der Waals surface area contributed by atoms with Crippen molar-refractivity contribution >= 4 is 12.2 Å². The number of hydrogen-bond donors (Lipinski definition) is 1. The first-order valence-electron chi connectivity index (χ1n) is 21.7. The lowest BCUT2D eigenvalue weighted by Gasteiger charge is -2.30. The number of methoxy groups -OCH3 is 1. The summed E-state index contributed by atoms with van der Waals surface area (Å²) >= 11 is 0. The first-order valence-corrected chi connectivity index (χ1v) is 21.7. The van der Waals surface area contributed by atoms with E-state index in [1.54, 1.807) is 19.4 Å². The molecule has 1 heterocycles. The molecule has 0 aliphatic heterocycles. The van der Waals surface area contributed by atoms with E-state index in [0.717, 1.165) is 51.4 Å². The van der Waals surface area contributed by atoms with Gasteiger partial charge in [-0.05, 0) is 134 Å². The molecule has 4 rings (SSSR count). The van der Waals surface area contributed by atoms with Crippen LogP contribution in [0.1, 0.15) is 105 Å².